The van der Waals surface area contributed by atoms with Crippen molar-refractivity contribution < 1.29 is 9.50 Å². The number of aliphatic hydroxyl groups is 1. The maximum atomic E-state index is 13.9. The quantitative estimate of drug-likeness (QED) is 0.880. The average Bonchev–Trinajstić information content (AvgIpc) is 2.35. The van der Waals surface area contributed by atoms with Gasteiger partial charge in [-0.25, -0.2) is 4.39 Å². The first-order chi connectivity index (χ1) is 9.29. The molecule has 1 N–H and O–H groups in total. The zero-order chi connectivity index (χ0) is 14.9. The first-order valence-corrected chi connectivity index (χ1v) is 6.91. The predicted molar refractivity (Wildman–Crippen MR) is 80.6 cm³/mol. The van der Waals surface area contributed by atoms with Gasteiger partial charge in [0.2, 0.25) is 0 Å². The SMILES string of the molecule is Cc1ccc(C)c(C(C)(O)Cc2ccc(Cl)cc2F)c1. The van der Waals surface area contributed by atoms with Crippen molar-refractivity contribution in [1.29, 1.82) is 0 Å². The van der Waals surface area contributed by atoms with Gasteiger partial charge in [-0.2, -0.15) is 0 Å². The highest BCUT2D eigenvalue weighted by molar-refractivity contribution is 6.30. The second-order valence-corrected chi connectivity index (χ2v) is 5.94. The summed E-state index contributed by atoms with van der Waals surface area (Å²) in [6.45, 7) is 5.63. The predicted octanol–water partition coefficient (Wildman–Crippen LogP) is 4.55. The number of hydrogen-bond donors (Lipinski definition) is 1. The molecule has 0 aliphatic heterocycles. The molecule has 1 nitrogen and oxygen atoms in total. The Morgan fingerprint density at radius 2 is 1.85 bits per heavy atom. The number of rotatable bonds is 3. The number of halogens is 2. The molecule has 1 unspecified atom stereocenters. The van der Waals surface area contributed by atoms with Gasteiger partial charge in [0, 0.05) is 11.4 Å². The van der Waals surface area contributed by atoms with Crippen LogP contribution < -0.4 is 0 Å². The summed E-state index contributed by atoms with van der Waals surface area (Å²) >= 11 is 5.75. The molecule has 0 amide bonds. The van der Waals surface area contributed by atoms with Gasteiger partial charge in [-0.3, -0.25) is 0 Å². The Morgan fingerprint density at radius 1 is 1.15 bits per heavy atom. The van der Waals surface area contributed by atoms with E-state index in [0.29, 0.717) is 10.6 Å². The first kappa shape index (κ1) is 15.0. The molecule has 0 aliphatic rings. The van der Waals surface area contributed by atoms with E-state index < -0.39 is 5.60 Å². The summed E-state index contributed by atoms with van der Waals surface area (Å²) in [7, 11) is 0. The Bertz CT molecular complexity index is 635. The Morgan fingerprint density at radius 3 is 2.50 bits per heavy atom. The minimum atomic E-state index is -1.12. The standard InChI is InChI=1S/C17H18ClFO/c1-11-4-5-12(2)15(8-11)17(3,20)10-13-6-7-14(18)9-16(13)19/h4-9,20H,10H2,1-3H3. The van der Waals surface area contributed by atoms with Crippen LogP contribution in [0.3, 0.4) is 0 Å². The molecule has 2 aromatic carbocycles. The molecule has 1 atom stereocenters. The van der Waals surface area contributed by atoms with Gasteiger partial charge < -0.3 is 5.11 Å². The minimum absolute atomic E-state index is 0.209. The van der Waals surface area contributed by atoms with Crippen LogP contribution >= 0.6 is 11.6 Å². The van der Waals surface area contributed by atoms with Crippen LogP contribution in [0.15, 0.2) is 36.4 Å². The number of hydrogen-bond acceptors (Lipinski definition) is 1. The Hall–Kier alpha value is -1.38. The molecule has 0 heterocycles. The zero-order valence-corrected chi connectivity index (χ0v) is 12.6. The molecule has 0 bridgehead atoms. The van der Waals surface area contributed by atoms with E-state index in [2.05, 4.69) is 0 Å². The summed E-state index contributed by atoms with van der Waals surface area (Å²) in [5.74, 6) is -0.386. The maximum absolute atomic E-state index is 13.9. The fourth-order valence-corrected chi connectivity index (χ4v) is 2.61. The lowest BCUT2D eigenvalue weighted by Gasteiger charge is -2.26. The van der Waals surface area contributed by atoms with Gasteiger partial charge in [-0.05, 0) is 49.6 Å². The van der Waals surface area contributed by atoms with Crippen molar-refractivity contribution in [3.05, 3.63) is 69.5 Å². The van der Waals surface area contributed by atoms with Crippen LogP contribution in [0.2, 0.25) is 5.02 Å². The molecule has 2 aromatic rings. The summed E-state index contributed by atoms with van der Waals surface area (Å²) in [6, 6.07) is 10.4. The van der Waals surface area contributed by atoms with Crippen molar-refractivity contribution in [1.82, 2.24) is 0 Å². The summed E-state index contributed by atoms with van der Waals surface area (Å²) < 4.78 is 13.9. The van der Waals surface area contributed by atoms with Gasteiger partial charge in [0.1, 0.15) is 5.82 Å². The van der Waals surface area contributed by atoms with Crippen molar-refractivity contribution in [2.24, 2.45) is 0 Å². The van der Waals surface area contributed by atoms with E-state index in [1.165, 1.54) is 6.07 Å². The fraction of sp³-hybridized carbons (Fsp3) is 0.294. The fourth-order valence-electron chi connectivity index (χ4n) is 2.45. The number of aryl methyl sites for hydroxylation is 2. The van der Waals surface area contributed by atoms with Crippen LogP contribution in [0.1, 0.15) is 29.2 Å². The molecular formula is C17H18ClFO. The zero-order valence-electron chi connectivity index (χ0n) is 11.9. The highest BCUT2D eigenvalue weighted by Crippen LogP contribution is 2.30. The van der Waals surface area contributed by atoms with Crippen molar-refractivity contribution in [3.63, 3.8) is 0 Å². The number of benzene rings is 2. The molecule has 0 saturated heterocycles. The van der Waals surface area contributed by atoms with Crippen LogP contribution in [0.5, 0.6) is 0 Å². The van der Waals surface area contributed by atoms with E-state index >= 15 is 0 Å². The van der Waals surface area contributed by atoms with Crippen LogP contribution in [0.25, 0.3) is 0 Å². The Balaban J connectivity index is 2.37. The second-order valence-electron chi connectivity index (χ2n) is 5.50. The van der Waals surface area contributed by atoms with Gasteiger partial charge in [0.25, 0.3) is 0 Å². The van der Waals surface area contributed by atoms with E-state index in [9.17, 15) is 9.50 Å². The maximum Gasteiger partial charge on any atom is 0.127 e. The van der Waals surface area contributed by atoms with Gasteiger partial charge in [-0.15, -0.1) is 0 Å². The summed E-state index contributed by atoms with van der Waals surface area (Å²) in [6.07, 6.45) is 0.209. The third-order valence-electron chi connectivity index (χ3n) is 3.52. The van der Waals surface area contributed by atoms with Crippen molar-refractivity contribution >= 4 is 11.6 Å². The Labute approximate surface area is 124 Å². The first-order valence-electron chi connectivity index (χ1n) is 6.53. The lowest BCUT2D eigenvalue weighted by atomic mass is 9.85. The lowest BCUT2D eigenvalue weighted by Crippen LogP contribution is -2.26. The topological polar surface area (TPSA) is 20.2 Å². The van der Waals surface area contributed by atoms with E-state index in [1.807, 2.05) is 32.0 Å². The molecular weight excluding hydrogens is 275 g/mol. The van der Waals surface area contributed by atoms with Gasteiger partial charge in [0.05, 0.1) is 5.60 Å². The monoisotopic (exact) mass is 292 g/mol. The van der Waals surface area contributed by atoms with Crippen LogP contribution in [-0.4, -0.2) is 5.11 Å². The molecule has 0 aromatic heterocycles. The van der Waals surface area contributed by atoms with E-state index in [1.54, 1.807) is 19.1 Å². The smallest absolute Gasteiger partial charge is 0.127 e. The van der Waals surface area contributed by atoms with Gasteiger partial charge in [-0.1, -0.05) is 41.4 Å². The molecule has 0 spiro atoms. The molecule has 20 heavy (non-hydrogen) atoms. The highest BCUT2D eigenvalue weighted by Gasteiger charge is 2.26. The average molecular weight is 293 g/mol. The molecule has 0 radical (unpaired) electrons. The molecule has 3 heteroatoms. The third-order valence-corrected chi connectivity index (χ3v) is 3.76. The summed E-state index contributed by atoms with van der Waals surface area (Å²) in [4.78, 5) is 0. The largest absolute Gasteiger partial charge is 0.385 e. The minimum Gasteiger partial charge on any atom is -0.385 e. The third kappa shape index (κ3) is 3.20. The van der Waals surface area contributed by atoms with Crippen molar-refractivity contribution in [3.8, 4) is 0 Å². The summed E-state index contributed by atoms with van der Waals surface area (Å²) in [5, 5.41) is 11.1. The second kappa shape index (κ2) is 5.55. The summed E-state index contributed by atoms with van der Waals surface area (Å²) in [5.41, 5.74) is 2.23. The Kier molecular flexibility index (Phi) is 4.17. The van der Waals surface area contributed by atoms with Crippen molar-refractivity contribution in [2.75, 3.05) is 0 Å². The highest BCUT2D eigenvalue weighted by atomic mass is 35.5. The molecule has 0 saturated carbocycles. The van der Waals surface area contributed by atoms with Crippen LogP contribution in [0.4, 0.5) is 4.39 Å². The van der Waals surface area contributed by atoms with Gasteiger partial charge >= 0.3 is 0 Å². The van der Waals surface area contributed by atoms with E-state index in [0.717, 1.165) is 16.7 Å². The normalized spacial score (nSPS) is 14.1. The lowest BCUT2D eigenvalue weighted by molar-refractivity contribution is 0.0560. The molecule has 2 rings (SSSR count). The molecule has 0 aliphatic carbocycles. The van der Waals surface area contributed by atoms with Crippen LogP contribution in [0, 0.1) is 19.7 Å². The molecule has 106 valence electrons. The molecule has 0 fully saturated rings. The van der Waals surface area contributed by atoms with Gasteiger partial charge in [0.15, 0.2) is 0 Å². The van der Waals surface area contributed by atoms with E-state index in [-0.39, 0.29) is 12.2 Å². The van der Waals surface area contributed by atoms with E-state index in [4.69, 9.17) is 11.6 Å². The van der Waals surface area contributed by atoms with Crippen molar-refractivity contribution in [2.45, 2.75) is 32.8 Å². The van der Waals surface area contributed by atoms with Crippen LogP contribution in [-0.2, 0) is 12.0 Å².